The maximum Gasteiger partial charge on any atom is 0.0834 e. The molecule has 0 spiro atoms. The van der Waals surface area contributed by atoms with Crippen molar-refractivity contribution in [2.45, 2.75) is 89.2 Å². The number of hydrogen-bond acceptors (Lipinski definition) is 2. The zero-order valence-corrected chi connectivity index (χ0v) is 14.2. The minimum absolute atomic E-state index is 0.127. The lowest BCUT2D eigenvalue weighted by atomic mass is 9.77. The minimum atomic E-state index is 0.127. The molecule has 0 radical (unpaired) electrons. The summed E-state index contributed by atoms with van der Waals surface area (Å²) in [6.07, 6.45) is 15.5. The normalized spacial score (nSPS) is 36.6. The van der Waals surface area contributed by atoms with E-state index in [-0.39, 0.29) is 5.60 Å². The predicted octanol–water partition coefficient (Wildman–Crippen LogP) is 4.53. The molecule has 3 saturated carbocycles. The van der Waals surface area contributed by atoms with Crippen LogP contribution in [0.4, 0.5) is 0 Å². The van der Waals surface area contributed by atoms with Crippen molar-refractivity contribution in [2.24, 2.45) is 17.8 Å². The number of fused-ring (bicyclic) bond motifs is 2. The molecular weight excluding hydrogens is 258 g/mol. The Morgan fingerprint density at radius 2 is 1.86 bits per heavy atom. The Hall–Kier alpha value is -0.0800. The quantitative estimate of drug-likeness (QED) is 0.726. The first kappa shape index (κ1) is 15.8. The van der Waals surface area contributed by atoms with Gasteiger partial charge in [-0.15, -0.1) is 0 Å². The predicted molar refractivity (Wildman–Crippen MR) is 88.5 cm³/mol. The maximum atomic E-state index is 6.43. The van der Waals surface area contributed by atoms with E-state index in [0.717, 1.165) is 24.4 Å². The largest absolute Gasteiger partial charge is 0.374 e. The Balaban J connectivity index is 1.68. The fourth-order valence-corrected chi connectivity index (χ4v) is 5.77. The highest BCUT2D eigenvalue weighted by Gasteiger charge is 2.45. The van der Waals surface area contributed by atoms with Crippen LogP contribution in [0.1, 0.15) is 77.6 Å². The molecule has 4 unspecified atom stereocenters. The van der Waals surface area contributed by atoms with E-state index in [2.05, 4.69) is 19.3 Å². The average Bonchev–Trinajstić information content (AvgIpc) is 3.03. The zero-order chi connectivity index (χ0) is 14.7. The van der Waals surface area contributed by atoms with E-state index in [1.54, 1.807) is 0 Å². The molecular formula is C19H35NO. The molecule has 2 bridgehead atoms. The molecule has 3 aliphatic carbocycles. The highest BCUT2D eigenvalue weighted by Crippen LogP contribution is 2.51. The van der Waals surface area contributed by atoms with Crippen LogP contribution >= 0.6 is 0 Å². The van der Waals surface area contributed by atoms with Gasteiger partial charge in [-0.25, -0.2) is 0 Å². The van der Waals surface area contributed by atoms with E-state index in [0.29, 0.717) is 6.04 Å². The molecule has 4 atom stereocenters. The van der Waals surface area contributed by atoms with E-state index >= 15 is 0 Å². The number of ether oxygens (including phenoxy) is 1. The van der Waals surface area contributed by atoms with Crippen molar-refractivity contribution in [3.8, 4) is 0 Å². The molecule has 0 heterocycles. The fraction of sp³-hybridized carbons (Fsp3) is 1.00. The van der Waals surface area contributed by atoms with Crippen LogP contribution in [-0.2, 0) is 4.74 Å². The second-order valence-corrected chi connectivity index (χ2v) is 7.92. The van der Waals surface area contributed by atoms with Crippen molar-refractivity contribution >= 4 is 0 Å². The van der Waals surface area contributed by atoms with Crippen LogP contribution in [0, 0.1) is 17.8 Å². The summed E-state index contributed by atoms with van der Waals surface area (Å²) in [7, 11) is 2.17. The maximum absolute atomic E-state index is 6.43. The van der Waals surface area contributed by atoms with E-state index in [1.165, 1.54) is 70.6 Å². The third-order valence-corrected chi connectivity index (χ3v) is 6.79. The lowest BCUT2D eigenvalue weighted by Gasteiger charge is -2.42. The van der Waals surface area contributed by atoms with Crippen LogP contribution < -0.4 is 5.32 Å². The van der Waals surface area contributed by atoms with E-state index in [4.69, 9.17) is 4.74 Å². The monoisotopic (exact) mass is 293 g/mol. The van der Waals surface area contributed by atoms with Gasteiger partial charge in [-0.05, 0) is 70.3 Å². The summed E-state index contributed by atoms with van der Waals surface area (Å²) in [5.41, 5.74) is 0.127. The molecule has 2 nitrogen and oxygen atoms in total. The topological polar surface area (TPSA) is 21.3 Å². The van der Waals surface area contributed by atoms with Gasteiger partial charge in [-0.1, -0.05) is 32.1 Å². The Morgan fingerprint density at radius 1 is 1.10 bits per heavy atom. The molecule has 3 aliphatic rings. The van der Waals surface area contributed by atoms with Gasteiger partial charge in [0.05, 0.1) is 5.60 Å². The Bertz CT molecular complexity index is 322. The van der Waals surface area contributed by atoms with Crippen molar-refractivity contribution in [3.63, 3.8) is 0 Å². The molecule has 0 aromatic carbocycles. The molecule has 1 N–H and O–H groups in total. The number of hydrogen-bond donors (Lipinski definition) is 1. The van der Waals surface area contributed by atoms with Gasteiger partial charge in [0.1, 0.15) is 0 Å². The summed E-state index contributed by atoms with van der Waals surface area (Å²) >= 11 is 0. The second kappa shape index (κ2) is 7.00. The molecule has 122 valence electrons. The van der Waals surface area contributed by atoms with Gasteiger partial charge in [0, 0.05) is 12.6 Å². The molecule has 3 fully saturated rings. The van der Waals surface area contributed by atoms with Gasteiger partial charge < -0.3 is 10.1 Å². The first-order valence-corrected chi connectivity index (χ1v) is 9.58. The van der Waals surface area contributed by atoms with Crippen LogP contribution in [0.3, 0.4) is 0 Å². The Labute approximate surface area is 131 Å². The van der Waals surface area contributed by atoms with E-state index < -0.39 is 0 Å². The summed E-state index contributed by atoms with van der Waals surface area (Å²) in [4.78, 5) is 0. The summed E-state index contributed by atoms with van der Waals surface area (Å²) in [6.45, 7) is 3.05. The highest BCUT2D eigenvalue weighted by molar-refractivity contribution is 4.99. The molecule has 0 saturated heterocycles. The van der Waals surface area contributed by atoms with Gasteiger partial charge in [0.2, 0.25) is 0 Å². The van der Waals surface area contributed by atoms with Crippen molar-refractivity contribution < 1.29 is 4.74 Å². The van der Waals surface area contributed by atoms with Gasteiger partial charge >= 0.3 is 0 Å². The van der Waals surface area contributed by atoms with Crippen LogP contribution in [0.5, 0.6) is 0 Å². The fourth-order valence-electron chi connectivity index (χ4n) is 5.77. The van der Waals surface area contributed by atoms with Crippen molar-refractivity contribution in [1.82, 2.24) is 5.32 Å². The van der Waals surface area contributed by atoms with Crippen LogP contribution in [-0.4, -0.2) is 25.3 Å². The smallest absolute Gasteiger partial charge is 0.0834 e. The molecule has 3 rings (SSSR count). The molecule has 0 aromatic rings. The SMILES string of the molecule is CCOC1(C(CC2CC3CCC2C3)NC)CCCCCC1. The summed E-state index contributed by atoms with van der Waals surface area (Å²) in [5.74, 6) is 3.08. The van der Waals surface area contributed by atoms with Crippen molar-refractivity contribution in [2.75, 3.05) is 13.7 Å². The standard InChI is InChI=1S/C19H35NO/c1-3-21-19(10-6-4-5-7-11-19)18(20-2)14-17-13-15-8-9-16(17)12-15/h15-18,20H,3-14H2,1-2H3. The molecule has 0 aromatic heterocycles. The molecule has 0 amide bonds. The average molecular weight is 293 g/mol. The van der Waals surface area contributed by atoms with Crippen LogP contribution in [0.2, 0.25) is 0 Å². The van der Waals surface area contributed by atoms with Gasteiger partial charge in [0.25, 0.3) is 0 Å². The summed E-state index contributed by atoms with van der Waals surface area (Å²) in [6, 6.07) is 0.569. The third kappa shape index (κ3) is 3.32. The molecule has 2 heteroatoms. The molecule has 0 aliphatic heterocycles. The second-order valence-electron chi connectivity index (χ2n) is 7.92. The highest BCUT2D eigenvalue weighted by atomic mass is 16.5. The third-order valence-electron chi connectivity index (χ3n) is 6.79. The molecule has 21 heavy (non-hydrogen) atoms. The zero-order valence-electron chi connectivity index (χ0n) is 14.2. The van der Waals surface area contributed by atoms with E-state index in [9.17, 15) is 0 Å². The van der Waals surface area contributed by atoms with Crippen molar-refractivity contribution in [3.05, 3.63) is 0 Å². The van der Waals surface area contributed by atoms with Crippen LogP contribution in [0.15, 0.2) is 0 Å². The number of nitrogens with one attached hydrogen (secondary N) is 1. The lowest BCUT2D eigenvalue weighted by Crippen LogP contribution is -2.52. The Morgan fingerprint density at radius 3 is 2.38 bits per heavy atom. The minimum Gasteiger partial charge on any atom is -0.374 e. The van der Waals surface area contributed by atoms with Crippen molar-refractivity contribution in [1.29, 1.82) is 0 Å². The van der Waals surface area contributed by atoms with Crippen LogP contribution in [0.25, 0.3) is 0 Å². The summed E-state index contributed by atoms with van der Waals surface area (Å²) < 4.78 is 6.43. The first-order chi connectivity index (χ1) is 10.3. The summed E-state index contributed by atoms with van der Waals surface area (Å²) in [5, 5.41) is 3.69. The number of likely N-dealkylation sites (N-methyl/N-ethyl adjacent to an activating group) is 1. The number of rotatable bonds is 6. The van der Waals surface area contributed by atoms with Gasteiger partial charge in [-0.2, -0.15) is 0 Å². The van der Waals surface area contributed by atoms with Gasteiger partial charge in [-0.3, -0.25) is 0 Å². The lowest BCUT2D eigenvalue weighted by molar-refractivity contribution is -0.0813. The first-order valence-electron chi connectivity index (χ1n) is 9.58. The van der Waals surface area contributed by atoms with E-state index in [1.807, 2.05) is 0 Å². The Kier molecular flexibility index (Phi) is 5.27. The van der Waals surface area contributed by atoms with Gasteiger partial charge in [0.15, 0.2) is 0 Å².